The standard InChI is InChI=1S/C23H29ClN2O4S/c24-21-12-4-5-13-22(21)30-16-14-25-23(27)20-11-6-15-26(18-20)31(28,29)17-7-10-19-8-2-1-3-9-19/h1-5,8-9,12-13,20H,6-7,10-11,14-18H2,(H,25,27). The Morgan fingerprint density at radius 3 is 2.65 bits per heavy atom. The molecule has 1 heterocycles. The highest BCUT2D eigenvalue weighted by molar-refractivity contribution is 7.89. The van der Waals surface area contributed by atoms with Crippen LogP contribution in [0.25, 0.3) is 0 Å². The molecule has 0 spiro atoms. The van der Waals surface area contributed by atoms with Gasteiger partial charge in [-0.15, -0.1) is 0 Å². The Bertz CT molecular complexity index is 953. The van der Waals surface area contributed by atoms with Crippen molar-refractivity contribution in [2.24, 2.45) is 5.92 Å². The topological polar surface area (TPSA) is 75.7 Å². The molecule has 31 heavy (non-hydrogen) atoms. The molecule has 1 N–H and O–H groups in total. The van der Waals surface area contributed by atoms with Gasteiger partial charge in [0.05, 0.1) is 23.2 Å². The highest BCUT2D eigenvalue weighted by Gasteiger charge is 2.31. The van der Waals surface area contributed by atoms with Gasteiger partial charge in [0.2, 0.25) is 15.9 Å². The fourth-order valence-electron chi connectivity index (χ4n) is 3.68. The van der Waals surface area contributed by atoms with E-state index < -0.39 is 10.0 Å². The molecule has 0 aromatic heterocycles. The van der Waals surface area contributed by atoms with Crippen LogP contribution in [0.5, 0.6) is 5.75 Å². The van der Waals surface area contributed by atoms with Gasteiger partial charge in [-0.3, -0.25) is 4.79 Å². The number of hydrogen-bond acceptors (Lipinski definition) is 4. The highest BCUT2D eigenvalue weighted by Crippen LogP contribution is 2.23. The van der Waals surface area contributed by atoms with Crippen molar-refractivity contribution in [1.82, 2.24) is 9.62 Å². The summed E-state index contributed by atoms with van der Waals surface area (Å²) in [6.45, 7) is 1.35. The van der Waals surface area contributed by atoms with Crippen molar-refractivity contribution in [3.8, 4) is 5.75 Å². The van der Waals surface area contributed by atoms with Crippen LogP contribution in [0, 0.1) is 5.92 Å². The fourth-order valence-corrected chi connectivity index (χ4v) is 5.45. The molecule has 0 radical (unpaired) electrons. The number of sulfonamides is 1. The maximum atomic E-state index is 12.8. The second-order valence-corrected chi connectivity index (χ2v) is 10.2. The van der Waals surface area contributed by atoms with Crippen molar-refractivity contribution in [3.63, 3.8) is 0 Å². The summed E-state index contributed by atoms with van der Waals surface area (Å²) in [5.74, 6) is 0.204. The van der Waals surface area contributed by atoms with E-state index in [0.717, 1.165) is 12.0 Å². The monoisotopic (exact) mass is 464 g/mol. The Hall–Kier alpha value is -2.09. The molecule has 1 aliphatic heterocycles. The average Bonchev–Trinajstić information content (AvgIpc) is 2.78. The van der Waals surface area contributed by atoms with Crippen molar-refractivity contribution in [2.75, 3.05) is 32.0 Å². The second kappa shape index (κ2) is 11.5. The van der Waals surface area contributed by atoms with E-state index in [-0.39, 0.29) is 24.1 Å². The molecular formula is C23H29ClN2O4S. The summed E-state index contributed by atoms with van der Waals surface area (Å²) in [5.41, 5.74) is 1.13. The van der Waals surface area contributed by atoms with Gasteiger partial charge in [-0.1, -0.05) is 54.1 Å². The van der Waals surface area contributed by atoms with E-state index in [0.29, 0.717) is 49.7 Å². The predicted molar refractivity (Wildman–Crippen MR) is 123 cm³/mol. The number of nitrogens with one attached hydrogen (secondary N) is 1. The van der Waals surface area contributed by atoms with Gasteiger partial charge in [-0.05, 0) is 43.4 Å². The quantitative estimate of drug-likeness (QED) is 0.546. The van der Waals surface area contributed by atoms with Crippen molar-refractivity contribution < 1.29 is 17.9 Å². The van der Waals surface area contributed by atoms with Crippen molar-refractivity contribution in [2.45, 2.75) is 25.7 Å². The second-order valence-electron chi connectivity index (χ2n) is 7.67. The Morgan fingerprint density at radius 2 is 1.87 bits per heavy atom. The molecule has 0 aliphatic carbocycles. The lowest BCUT2D eigenvalue weighted by Crippen LogP contribution is -2.46. The summed E-state index contributed by atoms with van der Waals surface area (Å²) in [6, 6.07) is 17.0. The van der Waals surface area contributed by atoms with E-state index in [1.807, 2.05) is 42.5 Å². The molecule has 2 aromatic carbocycles. The SMILES string of the molecule is O=C(NCCOc1ccccc1Cl)C1CCCN(S(=O)(=O)CCCc2ccccc2)C1. The fraction of sp³-hybridized carbons (Fsp3) is 0.435. The van der Waals surface area contributed by atoms with Crippen LogP contribution in [0.15, 0.2) is 54.6 Å². The molecule has 168 valence electrons. The summed E-state index contributed by atoms with van der Waals surface area (Å²) < 4.78 is 32.6. The van der Waals surface area contributed by atoms with Gasteiger partial charge in [-0.2, -0.15) is 0 Å². The summed E-state index contributed by atoms with van der Waals surface area (Å²) in [6.07, 6.45) is 2.67. The first-order chi connectivity index (χ1) is 15.0. The van der Waals surface area contributed by atoms with Crippen LogP contribution in [0.1, 0.15) is 24.8 Å². The van der Waals surface area contributed by atoms with Crippen LogP contribution >= 0.6 is 11.6 Å². The number of para-hydroxylation sites is 1. The first-order valence-corrected chi connectivity index (χ1v) is 12.6. The molecule has 1 saturated heterocycles. The van der Waals surface area contributed by atoms with Crippen LogP contribution in [-0.2, 0) is 21.2 Å². The molecule has 6 nitrogen and oxygen atoms in total. The van der Waals surface area contributed by atoms with Gasteiger partial charge < -0.3 is 10.1 Å². The summed E-state index contributed by atoms with van der Waals surface area (Å²) in [7, 11) is -3.37. The molecule has 1 aliphatic rings. The third kappa shape index (κ3) is 7.23. The molecule has 1 fully saturated rings. The van der Waals surface area contributed by atoms with Crippen LogP contribution in [0.4, 0.5) is 0 Å². The predicted octanol–water partition coefficient (Wildman–Crippen LogP) is 3.51. The number of hydrogen-bond donors (Lipinski definition) is 1. The zero-order valence-electron chi connectivity index (χ0n) is 17.5. The first-order valence-electron chi connectivity index (χ1n) is 10.6. The number of ether oxygens (including phenoxy) is 1. The minimum absolute atomic E-state index is 0.0991. The van der Waals surface area contributed by atoms with E-state index in [1.54, 1.807) is 12.1 Å². The summed E-state index contributed by atoms with van der Waals surface area (Å²) >= 11 is 6.04. The highest BCUT2D eigenvalue weighted by atomic mass is 35.5. The summed E-state index contributed by atoms with van der Waals surface area (Å²) in [4.78, 5) is 12.5. The molecular weight excluding hydrogens is 436 g/mol. The normalized spacial score (nSPS) is 17.3. The Morgan fingerprint density at radius 1 is 1.13 bits per heavy atom. The molecule has 1 unspecified atom stereocenters. The van der Waals surface area contributed by atoms with Gasteiger partial charge in [0.15, 0.2) is 0 Å². The van der Waals surface area contributed by atoms with Crippen LogP contribution in [-0.4, -0.2) is 50.6 Å². The third-order valence-electron chi connectivity index (χ3n) is 5.35. The minimum atomic E-state index is -3.37. The number of benzene rings is 2. The van der Waals surface area contributed by atoms with E-state index in [2.05, 4.69) is 5.32 Å². The van der Waals surface area contributed by atoms with Crippen LogP contribution < -0.4 is 10.1 Å². The lowest BCUT2D eigenvalue weighted by atomic mass is 9.99. The maximum Gasteiger partial charge on any atom is 0.224 e. The Labute approximate surface area is 189 Å². The number of amides is 1. The average molecular weight is 465 g/mol. The molecule has 3 rings (SSSR count). The van der Waals surface area contributed by atoms with Gasteiger partial charge in [0.25, 0.3) is 0 Å². The van der Waals surface area contributed by atoms with Crippen molar-refractivity contribution in [3.05, 3.63) is 65.2 Å². The number of piperidine rings is 1. The Kier molecular flexibility index (Phi) is 8.75. The van der Waals surface area contributed by atoms with Gasteiger partial charge >= 0.3 is 0 Å². The number of halogens is 1. The number of carbonyl (C=O) groups excluding carboxylic acids is 1. The zero-order valence-corrected chi connectivity index (χ0v) is 19.1. The molecule has 2 aromatic rings. The minimum Gasteiger partial charge on any atom is -0.490 e. The van der Waals surface area contributed by atoms with Crippen molar-refractivity contribution in [1.29, 1.82) is 0 Å². The van der Waals surface area contributed by atoms with Gasteiger partial charge in [0.1, 0.15) is 12.4 Å². The van der Waals surface area contributed by atoms with Crippen molar-refractivity contribution >= 4 is 27.5 Å². The third-order valence-corrected chi connectivity index (χ3v) is 7.59. The number of rotatable bonds is 10. The molecule has 1 atom stereocenters. The molecule has 0 bridgehead atoms. The van der Waals surface area contributed by atoms with Crippen LogP contribution in [0.2, 0.25) is 5.02 Å². The van der Waals surface area contributed by atoms with E-state index in [4.69, 9.17) is 16.3 Å². The summed E-state index contributed by atoms with van der Waals surface area (Å²) in [5, 5.41) is 3.37. The van der Waals surface area contributed by atoms with E-state index >= 15 is 0 Å². The largest absolute Gasteiger partial charge is 0.490 e. The first kappa shape index (κ1) is 23.6. The van der Waals surface area contributed by atoms with E-state index in [1.165, 1.54) is 4.31 Å². The maximum absolute atomic E-state index is 12.8. The molecule has 1 amide bonds. The number of carbonyl (C=O) groups is 1. The van der Waals surface area contributed by atoms with Gasteiger partial charge in [-0.25, -0.2) is 12.7 Å². The lowest BCUT2D eigenvalue weighted by molar-refractivity contribution is -0.126. The molecule has 8 heteroatoms. The Balaban J connectivity index is 1.42. The van der Waals surface area contributed by atoms with Gasteiger partial charge in [0, 0.05) is 13.1 Å². The lowest BCUT2D eigenvalue weighted by Gasteiger charge is -2.31. The van der Waals surface area contributed by atoms with E-state index in [9.17, 15) is 13.2 Å². The number of aryl methyl sites for hydroxylation is 1. The smallest absolute Gasteiger partial charge is 0.224 e. The number of nitrogens with zero attached hydrogens (tertiary/aromatic N) is 1. The van der Waals surface area contributed by atoms with Crippen LogP contribution in [0.3, 0.4) is 0 Å². The zero-order chi connectivity index (χ0) is 22.1. The molecule has 0 saturated carbocycles.